The molecule has 6 heteroatoms. The molecule has 2 aromatic carbocycles. The van der Waals surface area contributed by atoms with Crippen LogP contribution in [0, 0.1) is 0 Å². The monoisotopic (exact) mass is 348 g/mol. The van der Waals surface area contributed by atoms with Gasteiger partial charge in [-0.1, -0.05) is 30.3 Å². The highest BCUT2D eigenvalue weighted by Crippen LogP contribution is 2.25. The quantitative estimate of drug-likeness (QED) is 0.696. The van der Waals surface area contributed by atoms with Crippen molar-refractivity contribution in [1.82, 2.24) is 10.2 Å². The van der Waals surface area contributed by atoms with Gasteiger partial charge in [0.1, 0.15) is 5.75 Å². The lowest BCUT2D eigenvalue weighted by molar-refractivity contribution is 0.102. The van der Waals surface area contributed by atoms with Gasteiger partial charge in [0.2, 0.25) is 0 Å². The number of carbonyl (C=O) groups excluding carboxylic acids is 1. The third-order valence-electron chi connectivity index (χ3n) is 3.44. The molecule has 0 spiro atoms. The number of carbonyl (C=O) groups is 1. The SMILES string of the molecule is CC(C)Oc1ccccc1NC(=O)c1ccc(Nc2ccccc2)nn1. The van der Waals surface area contributed by atoms with Crippen molar-refractivity contribution in [2.75, 3.05) is 10.6 Å². The lowest BCUT2D eigenvalue weighted by Gasteiger charge is -2.14. The standard InChI is InChI=1S/C20H20N4O2/c1-14(2)26-18-11-7-6-10-16(18)22-20(25)17-12-13-19(24-23-17)21-15-8-4-3-5-9-15/h3-14H,1-2H3,(H,21,24)(H,22,25). The maximum absolute atomic E-state index is 12.4. The predicted octanol–water partition coefficient (Wildman–Crippen LogP) is 4.26. The minimum absolute atomic E-state index is 0.0104. The largest absolute Gasteiger partial charge is 0.489 e. The number of ether oxygens (including phenoxy) is 1. The van der Waals surface area contributed by atoms with E-state index in [0.717, 1.165) is 5.69 Å². The molecular formula is C20H20N4O2. The molecule has 0 aliphatic rings. The number of para-hydroxylation sites is 3. The summed E-state index contributed by atoms with van der Waals surface area (Å²) in [6.07, 6.45) is 0.0104. The molecule has 1 aromatic heterocycles. The Hall–Kier alpha value is -3.41. The molecule has 2 N–H and O–H groups in total. The minimum atomic E-state index is -0.344. The molecule has 0 saturated heterocycles. The molecule has 0 unspecified atom stereocenters. The number of hydrogen-bond acceptors (Lipinski definition) is 5. The van der Waals surface area contributed by atoms with E-state index in [9.17, 15) is 4.79 Å². The maximum Gasteiger partial charge on any atom is 0.276 e. The smallest absolute Gasteiger partial charge is 0.276 e. The van der Waals surface area contributed by atoms with Gasteiger partial charge in [-0.25, -0.2) is 0 Å². The fraction of sp³-hybridized carbons (Fsp3) is 0.150. The third-order valence-corrected chi connectivity index (χ3v) is 3.44. The molecule has 6 nitrogen and oxygen atoms in total. The number of rotatable bonds is 6. The molecule has 132 valence electrons. The van der Waals surface area contributed by atoms with E-state index in [4.69, 9.17) is 4.74 Å². The summed E-state index contributed by atoms with van der Waals surface area (Å²) in [5.41, 5.74) is 1.72. The van der Waals surface area contributed by atoms with E-state index in [1.165, 1.54) is 0 Å². The predicted molar refractivity (Wildman–Crippen MR) is 102 cm³/mol. The first kappa shape index (κ1) is 17.4. The Balaban J connectivity index is 1.69. The topological polar surface area (TPSA) is 76.1 Å². The van der Waals surface area contributed by atoms with E-state index in [1.54, 1.807) is 18.2 Å². The van der Waals surface area contributed by atoms with E-state index in [2.05, 4.69) is 20.8 Å². The van der Waals surface area contributed by atoms with Crippen molar-refractivity contribution >= 4 is 23.1 Å². The number of nitrogens with one attached hydrogen (secondary N) is 2. The summed E-state index contributed by atoms with van der Waals surface area (Å²) in [7, 11) is 0. The van der Waals surface area contributed by atoms with Crippen LogP contribution in [0.1, 0.15) is 24.3 Å². The van der Waals surface area contributed by atoms with Crippen LogP contribution in [-0.2, 0) is 0 Å². The number of aromatic nitrogens is 2. The average Bonchev–Trinajstić information content (AvgIpc) is 2.64. The normalized spacial score (nSPS) is 10.4. The fourth-order valence-electron chi connectivity index (χ4n) is 2.30. The van der Waals surface area contributed by atoms with Crippen molar-refractivity contribution in [3.63, 3.8) is 0 Å². The highest BCUT2D eigenvalue weighted by molar-refractivity contribution is 6.03. The van der Waals surface area contributed by atoms with Crippen molar-refractivity contribution in [3.8, 4) is 5.75 Å². The van der Waals surface area contributed by atoms with Gasteiger partial charge < -0.3 is 15.4 Å². The fourth-order valence-corrected chi connectivity index (χ4v) is 2.30. The molecule has 0 aliphatic carbocycles. The van der Waals surface area contributed by atoms with Gasteiger partial charge in [-0.3, -0.25) is 4.79 Å². The molecule has 0 atom stereocenters. The zero-order valence-electron chi connectivity index (χ0n) is 14.6. The van der Waals surface area contributed by atoms with E-state index in [-0.39, 0.29) is 17.7 Å². The summed E-state index contributed by atoms with van der Waals surface area (Å²) >= 11 is 0. The van der Waals surface area contributed by atoms with Crippen molar-refractivity contribution in [2.24, 2.45) is 0 Å². The summed E-state index contributed by atoms with van der Waals surface area (Å²) in [6, 6.07) is 20.3. The van der Waals surface area contributed by atoms with Crippen LogP contribution in [0.4, 0.5) is 17.2 Å². The van der Waals surface area contributed by atoms with Crippen molar-refractivity contribution in [3.05, 3.63) is 72.4 Å². The minimum Gasteiger partial charge on any atom is -0.489 e. The number of anilines is 3. The second-order valence-corrected chi connectivity index (χ2v) is 5.91. The Kier molecular flexibility index (Phi) is 5.43. The molecule has 0 aliphatic heterocycles. The summed E-state index contributed by atoms with van der Waals surface area (Å²) in [5, 5.41) is 14.0. The van der Waals surface area contributed by atoms with Crippen LogP contribution in [0.3, 0.4) is 0 Å². The first-order valence-electron chi connectivity index (χ1n) is 8.34. The van der Waals surface area contributed by atoms with E-state index >= 15 is 0 Å². The molecular weight excluding hydrogens is 328 g/mol. The van der Waals surface area contributed by atoms with Gasteiger partial charge in [0.05, 0.1) is 11.8 Å². The van der Waals surface area contributed by atoms with Crippen LogP contribution in [0.15, 0.2) is 66.7 Å². The van der Waals surface area contributed by atoms with Gasteiger partial charge >= 0.3 is 0 Å². The molecule has 0 saturated carbocycles. The zero-order chi connectivity index (χ0) is 18.4. The second kappa shape index (κ2) is 8.11. The Bertz CT molecular complexity index is 864. The van der Waals surface area contributed by atoms with Crippen LogP contribution in [0.5, 0.6) is 5.75 Å². The van der Waals surface area contributed by atoms with Crippen LogP contribution in [0.2, 0.25) is 0 Å². The molecule has 0 bridgehead atoms. The van der Waals surface area contributed by atoms with E-state index in [1.807, 2.05) is 62.4 Å². The first-order valence-corrected chi connectivity index (χ1v) is 8.34. The van der Waals surface area contributed by atoms with Crippen molar-refractivity contribution < 1.29 is 9.53 Å². The van der Waals surface area contributed by atoms with Crippen molar-refractivity contribution in [2.45, 2.75) is 20.0 Å². The van der Waals surface area contributed by atoms with Crippen LogP contribution < -0.4 is 15.4 Å². The molecule has 1 heterocycles. The van der Waals surface area contributed by atoms with Gasteiger partial charge in [0.25, 0.3) is 5.91 Å². The first-order chi connectivity index (χ1) is 12.6. The summed E-state index contributed by atoms with van der Waals surface area (Å²) in [4.78, 5) is 12.4. The summed E-state index contributed by atoms with van der Waals surface area (Å²) < 4.78 is 5.71. The molecule has 0 radical (unpaired) electrons. The zero-order valence-corrected chi connectivity index (χ0v) is 14.6. The summed E-state index contributed by atoms with van der Waals surface area (Å²) in [5.74, 6) is 0.839. The Morgan fingerprint density at radius 2 is 1.65 bits per heavy atom. The van der Waals surface area contributed by atoms with Crippen LogP contribution >= 0.6 is 0 Å². The third kappa shape index (κ3) is 4.57. The number of nitrogens with zero attached hydrogens (tertiary/aromatic N) is 2. The highest BCUT2D eigenvalue weighted by Gasteiger charge is 2.12. The van der Waals surface area contributed by atoms with Crippen molar-refractivity contribution in [1.29, 1.82) is 0 Å². The summed E-state index contributed by atoms with van der Waals surface area (Å²) in [6.45, 7) is 3.87. The molecule has 3 aromatic rings. The van der Waals surface area contributed by atoms with Gasteiger partial charge in [0, 0.05) is 5.69 Å². The van der Waals surface area contributed by atoms with Gasteiger partial charge in [-0.2, -0.15) is 0 Å². The Labute approximate surface area is 152 Å². The average molecular weight is 348 g/mol. The van der Waals surface area contributed by atoms with Gasteiger partial charge in [0.15, 0.2) is 11.5 Å². The molecule has 26 heavy (non-hydrogen) atoms. The number of amides is 1. The molecule has 3 rings (SSSR count). The lowest BCUT2D eigenvalue weighted by Crippen LogP contribution is -2.16. The van der Waals surface area contributed by atoms with E-state index < -0.39 is 0 Å². The Morgan fingerprint density at radius 1 is 0.923 bits per heavy atom. The number of hydrogen-bond donors (Lipinski definition) is 2. The van der Waals surface area contributed by atoms with Gasteiger partial charge in [-0.15, -0.1) is 10.2 Å². The van der Waals surface area contributed by atoms with Crippen LogP contribution in [0.25, 0.3) is 0 Å². The number of benzene rings is 2. The maximum atomic E-state index is 12.4. The van der Waals surface area contributed by atoms with E-state index in [0.29, 0.717) is 17.3 Å². The lowest BCUT2D eigenvalue weighted by atomic mass is 10.2. The Morgan fingerprint density at radius 3 is 2.35 bits per heavy atom. The van der Waals surface area contributed by atoms with Gasteiger partial charge in [-0.05, 0) is 50.2 Å². The molecule has 1 amide bonds. The second-order valence-electron chi connectivity index (χ2n) is 5.91. The highest BCUT2D eigenvalue weighted by atomic mass is 16.5. The molecule has 0 fully saturated rings. The van der Waals surface area contributed by atoms with Crippen LogP contribution in [-0.4, -0.2) is 22.2 Å².